The van der Waals surface area contributed by atoms with Gasteiger partial charge in [-0.1, -0.05) is 39.7 Å². The van der Waals surface area contributed by atoms with E-state index in [0.717, 1.165) is 9.86 Å². The Bertz CT molecular complexity index is 2110. The summed E-state index contributed by atoms with van der Waals surface area (Å²) in [4.78, 5) is 28.7. The van der Waals surface area contributed by atoms with Gasteiger partial charge in [-0.25, -0.2) is 4.98 Å². The van der Waals surface area contributed by atoms with Crippen molar-refractivity contribution in [2.45, 2.75) is 6.61 Å². The van der Waals surface area contributed by atoms with Gasteiger partial charge in [0.1, 0.15) is 12.2 Å². The van der Waals surface area contributed by atoms with E-state index in [4.69, 9.17) is 30.5 Å². The molecule has 0 aliphatic heterocycles. The first-order chi connectivity index (χ1) is 20.8. The molecule has 0 spiro atoms. The summed E-state index contributed by atoms with van der Waals surface area (Å²) >= 11 is 10.0. The Morgan fingerprint density at radius 2 is 1.88 bits per heavy atom. The lowest BCUT2D eigenvalue weighted by molar-refractivity contribution is -0.384. The molecule has 6 rings (SSSR count). The number of fused-ring (bicyclic) bond motifs is 2. The molecule has 0 saturated heterocycles. The number of halogens is 2. The number of nitro benzene ring substituents is 1. The molecule has 214 valence electrons. The lowest BCUT2D eigenvalue weighted by Crippen LogP contribution is -2.20. The number of non-ortho nitro benzene ring substituents is 1. The average Bonchev–Trinajstić information content (AvgIpc) is 3.43. The first kappa shape index (κ1) is 28.1. The maximum atomic E-state index is 13.6. The molecule has 0 radical (unpaired) electrons. The van der Waals surface area contributed by atoms with Gasteiger partial charge in [-0.15, -0.1) is 0 Å². The van der Waals surface area contributed by atoms with Gasteiger partial charge >= 0.3 is 0 Å². The predicted molar refractivity (Wildman–Crippen MR) is 167 cm³/mol. The van der Waals surface area contributed by atoms with Gasteiger partial charge in [-0.05, 0) is 71.8 Å². The second kappa shape index (κ2) is 11.7. The van der Waals surface area contributed by atoms with Crippen molar-refractivity contribution in [3.8, 4) is 23.1 Å². The number of nitro groups is 1. The predicted octanol–water partition coefficient (Wildman–Crippen LogP) is 7.60. The van der Waals surface area contributed by atoms with Crippen LogP contribution in [0.3, 0.4) is 0 Å². The topological polar surface area (TPSA) is 122 Å². The smallest absolute Gasteiger partial charge is 0.282 e. The molecule has 0 bridgehead atoms. The van der Waals surface area contributed by atoms with Gasteiger partial charge < -0.3 is 13.9 Å². The second-order valence-corrected chi connectivity index (χ2v) is 10.7. The van der Waals surface area contributed by atoms with E-state index < -0.39 is 4.92 Å². The minimum absolute atomic E-state index is 0.0136. The van der Waals surface area contributed by atoms with Crippen LogP contribution in [0.4, 0.5) is 5.69 Å². The minimum Gasteiger partial charge on any atom is -0.493 e. The van der Waals surface area contributed by atoms with Gasteiger partial charge in [0.25, 0.3) is 11.2 Å². The Hall–Kier alpha value is -5.00. The summed E-state index contributed by atoms with van der Waals surface area (Å²) in [6.07, 6.45) is 1.47. The Kier molecular flexibility index (Phi) is 7.66. The van der Waals surface area contributed by atoms with Crippen molar-refractivity contribution in [1.82, 2.24) is 9.66 Å². The summed E-state index contributed by atoms with van der Waals surface area (Å²) in [6, 6.07) is 23.7. The number of ether oxygens (including phenoxy) is 2. The quantitative estimate of drug-likeness (QED) is 0.0937. The van der Waals surface area contributed by atoms with Crippen LogP contribution in [0.1, 0.15) is 11.1 Å². The molecule has 6 aromatic rings. The summed E-state index contributed by atoms with van der Waals surface area (Å²) in [5.74, 6) is 1.23. The zero-order chi connectivity index (χ0) is 30.1. The molecule has 0 saturated carbocycles. The highest BCUT2D eigenvalue weighted by molar-refractivity contribution is 9.10. The number of methoxy groups -OCH3 is 1. The van der Waals surface area contributed by atoms with E-state index in [-0.39, 0.29) is 28.7 Å². The fourth-order valence-corrected chi connectivity index (χ4v) is 5.12. The molecule has 0 aliphatic carbocycles. The Balaban J connectivity index is 1.36. The van der Waals surface area contributed by atoms with E-state index in [0.29, 0.717) is 44.9 Å². The van der Waals surface area contributed by atoms with Gasteiger partial charge in [-0.3, -0.25) is 14.9 Å². The molecule has 0 unspecified atom stereocenters. The fraction of sp³-hybridized carbons (Fsp3) is 0.0645. The molecule has 0 fully saturated rings. The van der Waals surface area contributed by atoms with Crippen LogP contribution >= 0.6 is 27.5 Å². The number of hydrogen-bond donors (Lipinski definition) is 0. The van der Waals surface area contributed by atoms with Gasteiger partial charge in [0.15, 0.2) is 17.3 Å². The van der Waals surface area contributed by atoms with Crippen LogP contribution in [0.2, 0.25) is 5.02 Å². The normalized spacial score (nSPS) is 11.4. The largest absolute Gasteiger partial charge is 0.493 e. The summed E-state index contributed by atoms with van der Waals surface area (Å²) in [7, 11) is 1.47. The van der Waals surface area contributed by atoms with Crippen molar-refractivity contribution in [3.63, 3.8) is 0 Å². The third-order valence-electron chi connectivity index (χ3n) is 6.56. The maximum absolute atomic E-state index is 13.6. The van der Waals surface area contributed by atoms with Crippen LogP contribution in [-0.2, 0) is 6.61 Å². The van der Waals surface area contributed by atoms with E-state index >= 15 is 0 Å². The van der Waals surface area contributed by atoms with Gasteiger partial charge in [0.05, 0.1) is 34.2 Å². The van der Waals surface area contributed by atoms with Crippen LogP contribution in [-0.4, -0.2) is 27.9 Å². The number of rotatable bonds is 8. The van der Waals surface area contributed by atoms with Crippen LogP contribution < -0.4 is 15.0 Å². The SMILES string of the molecule is COc1cc(C=Nn2c(-c3cc4cc(Br)ccc4o3)nc3ccccc3c2=O)cc(Cl)c1OCc1ccc([N+](=O)[O-])cc1. The molecule has 0 N–H and O–H groups in total. The molecular weight excluding hydrogens is 640 g/mol. The van der Waals surface area contributed by atoms with Gasteiger partial charge in [-0.2, -0.15) is 9.78 Å². The number of benzene rings is 4. The Morgan fingerprint density at radius 1 is 1.09 bits per heavy atom. The summed E-state index contributed by atoms with van der Waals surface area (Å²) in [5.41, 5.74) is 2.00. The molecule has 2 aromatic heterocycles. The highest BCUT2D eigenvalue weighted by atomic mass is 79.9. The molecule has 2 heterocycles. The maximum Gasteiger partial charge on any atom is 0.282 e. The molecule has 0 aliphatic rings. The first-order valence-electron chi connectivity index (χ1n) is 12.8. The molecule has 10 nitrogen and oxygen atoms in total. The first-order valence-corrected chi connectivity index (χ1v) is 14.0. The van der Waals surface area contributed by atoms with E-state index in [1.807, 2.05) is 18.2 Å². The highest BCUT2D eigenvalue weighted by Gasteiger charge is 2.17. The number of para-hydroxylation sites is 1. The van der Waals surface area contributed by atoms with E-state index in [1.165, 1.54) is 30.1 Å². The van der Waals surface area contributed by atoms with Crippen molar-refractivity contribution in [3.05, 3.63) is 126 Å². The van der Waals surface area contributed by atoms with Crippen LogP contribution in [0.25, 0.3) is 33.5 Å². The zero-order valence-electron chi connectivity index (χ0n) is 22.4. The Labute approximate surface area is 257 Å². The molecule has 0 atom stereocenters. The van der Waals surface area contributed by atoms with E-state index in [2.05, 4.69) is 21.0 Å². The third kappa shape index (κ3) is 5.72. The van der Waals surface area contributed by atoms with E-state index in [1.54, 1.807) is 54.6 Å². The lowest BCUT2D eigenvalue weighted by atomic mass is 10.2. The van der Waals surface area contributed by atoms with Crippen LogP contribution in [0.5, 0.6) is 11.5 Å². The Morgan fingerprint density at radius 3 is 2.65 bits per heavy atom. The molecule has 0 amide bonds. The molecule has 12 heteroatoms. The van der Waals surface area contributed by atoms with Crippen LogP contribution in [0.15, 0.2) is 104 Å². The monoisotopic (exact) mass is 658 g/mol. The number of hydrogen-bond acceptors (Lipinski definition) is 8. The van der Waals surface area contributed by atoms with Crippen LogP contribution in [0, 0.1) is 10.1 Å². The second-order valence-electron chi connectivity index (χ2n) is 9.35. The summed E-state index contributed by atoms with van der Waals surface area (Å²) < 4.78 is 19.5. The third-order valence-corrected chi connectivity index (χ3v) is 7.33. The molecule has 4 aromatic carbocycles. The van der Waals surface area contributed by atoms with Crippen molar-refractivity contribution < 1.29 is 18.8 Å². The lowest BCUT2D eigenvalue weighted by Gasteiger charge is -2.13. The average molecular weight is 660 g/mol. The van der Waals surface area contributed by atoms with Gasteiger partial charge in [0, 0.05) is 22.0 Å². The summed E-state index contributed by atoms with van der Waals surface area (Å²) in [6.45, 7) is 0.108. The fourth-order valence-electron chi connectivity index (χ4n) is 4.46. The minimum atomic E-state index is -0.467. The zero-order valence-corrected chi connectivity index (χ0v) is 24.7. The molecular formula is C31H20BrClN4O6. The van der Waals surface area contributed by atoms with Crippen molar-refractivity contribution in [1.29, 1.82) is 0 Å². The number of nitrogens with zero attached hydrogens (tertiary/aromatic N) is 4. The van der Waals surface area contributed by atoms with Crippen molar-refractivity contribution in [2.75, 3.05) is 7.11 Å². The highest BCUT2D eigenvalue weighted by Crippen LogP contribution is 2.37. The molecule has 43 heavy (non-hydrogen) atoms. The van der Waals surface area contributed by atoms with Crippen molar-refractivity contribution in [2.24, 2.45) is 5.10 Å². The number of aromatic nitrogens is 2. The number of furan rings is 1. The van der Waals surface area contributed by atoms with Crippen molar-refractivity contribution >= 4 is 61.3 Å². The van der Waals surface area contributed by atoms with E-state index in [9.17, 15) is 14.9 Å². The summed E-state index contributed by atoms with van der Waals surface area (Å²) in [5, 5.41) is 16.9. The standard InChI is InChI=1S/C31H20BrClN4O6/c1-41-27-13-19(12-24(33)29(27)42-17-18-6-9-22(10-7-18)37(39)40)16-34-36-30(35-25-5-3-2-4-23(25)31(36)38)28-15-20-14-21(32)8-11-26(20)43-28/h2-16H,17H2,1H3. The van der Waals surface area contributed by atoms with Gasteiger partial charge in [0.2, 0.25) is 5.82 Å².